The van der Waals surface area contributed by atoms with Gasteiger partial charge in [0.05, 0.1) is 5.69 Å². The summed E-state index contributed by atoms with van der Waals surface area (Å²) >= 11 is 0. The third kappa shape index (κ3) is 5.70. The summed E-state index contributed by atoms with van der Waals surface area (Å²) < 4.78 is 5.16. The van der Waals surface area contributed by atoms with E-state index in [9.17, 15) is 9.59 Å². The van der Waals surface area contributed by atoms with Crippen molar-refractivity contribution in [3.8, 4) is 0 Å². The number of anilines is 3. The van der Waals surface area contributed by atoms with Crippen LogP contribution in [-0.2, 0) is 17.9 Å². The Labute approximate surface area is 167 Å². The molecule has 29 heavy (non-hydrogen) atoms. The maximum Gasteiger partial charge on any atom is 0.407 e. The minimum absolute atomic E-state index is 0.155. The summed E-state index contributed by atoms with van der Waals surface area (Å²) in [6.45, 7) is 0.431. The second kappa shape index (κ2) is 9.23. The number of carbonyl (C=O) groups is 2. The Bertz CT molecular complexity index is 988. The van der Waals surface area contributed by atoms with Crippen molar-refractivity contribution in [2.24, 2.45) is 0 Å². The van der Waals surface area contributed by atoms with Crippen LogP contribution < -0.4 is 22.1 Å². The first-order valence-corrected chi connectivity index (χ1v) is 8.87. The first-order valence-electron chi connectivity index (χ1n) is 8.87. The number of hydrogen-bond acceptors (Lipinski definition) is 6. The Morgan fingerprint density at radius 2 is 1.62 bits per heavy atom. The summed E-state index contributed by atoms with van der Waals surface area (Å²) in [6.07, 6.45) is 1.02. The molecule has 8 nitrogen and oxygen atoms in total. The van der Waals surface area contributed by atoms with Crippen molar-refractivity contribution >= 4 is 29.2 Å². The number of nitrogens with two attached hydrogens (primary N) is 2. The molecule has 8 heteroatoms. The molecule has 2 amide bonds. The lowest BCUT2D eigenvalue weighted by Crippen LogP contribution is -2.23. The van der Waals surface area contributed by atoms with E-state index in [0.29, 0.717) is 16.9 Å². The average Bonchev–Trinajstić information content (AvgIpc) is 2.74. The summed E-state index contributed by atoms with van der Waals surface area (Å²) in [5, 5.41) is 5.37. The normalized spacial score (nSPS) is 10.2. The van der Waals surface area contributed by atoms with Crippen LogP contribution in [0.1, 0.15) is 21.5 Å². The SMILES string of the molecule is Nc1ccc(COC(=O)NCc2ccc(C(=O)Nc3cccnc3N)cc2)cc1. The molecule has 0 bridgehead atoms. The Kier molecular flexibility index (Phi) is 6.26. The van der Waals surface area contributed by atoms with Gasteiger partial charge in [-0.1, -0.05) is 24.3 Å². The summed E-state index contributed by atoms with van der Waals surface area (Å²) in [6, 6.07) is 17.3. The standard InChI is InChI=1S/C21H21N5O3/c22-17-9-5-15(6-10-17)13-29-21(28)25-12-14-3-7-16(8-4-14)20(27)26-18-2-1-11-24-19(18)23/h1-11H,12-13,22H2,(H2,23,24)(H,25,28)(H,26,27). The van der Waals surface area contributed by atoms with Crippen LogP contribution in [0.25, 0.3) is 0 Å². The topological polar surface area (TPSA) is 132 Å². The van der Waals surface area contributed by atoms with Crippen molar-refractivity contribution in [3.63, 3.8) is 0 Å². The summed E-state index contributed by atoms with van der Waals surface area (Å²) in [5.41, 5.74) is 14.6. The molecule has 0 aliphatic heterocycles. The smallest absolute Gasteiger partial charge is 0.407 e. The number of hydrogen-bond donors (Lipinski definition) is 4. The highest BCUT2D eigenvalue weighted by molar-refractivity contribution is 6.05. The molecule has 3 aromatic rings. The van der Waals surface area contributed by atoms with Crippen molar-refractivity contribution in [3.05, 3.63) is 83.6 Å². The molecule has 0 aliphatic rings. The van der Waals surface area contributed by atoms with Gasteiger partial charge in [0.25, 0.3) is 5.91 Å². The molecule has 3 rings (SSSR count). The van der Waals surface area contributed by atoms with Crippen molar-refractivity contribution in [2.45, 2.75) is 13.2 Å². The van der Waals surface area contributed by atoms with Gasteiger partial charge in [-0.05, 0) is 47.5 Å². The predicted molar refractivity (Wildman–Crippen MR) is 111 cm³/mol. The minimum Gasteiger partial charge on any atom is -0.445 e. The molecule has 1 aromatic heterocycles. The quantitative estimate of drug-likeness (QED) is 0.478. The third-order valence-electron chi connectivity index (χ3n) is 4.09. The van der Waals surface area contributed by atoms with Crippen molar-refractivity contribution < 1.29 is 14.3 Å². The van der Waals surface area contributed by atoms with Gasteiger partial charge < -0.3 is 26.8 Å². The monoisotopic (exact) mass is 391 g/mol. The second-order valence-corrected chi connectivity index (χ2v) is 6.26. The molecule has 0 unspecified atom stereocenters. The van der Waals surface area contributed by atoms with Crippen LogP contribution in [0.5, 0.6) is 0 Å². The predicted octanol–water partition coefficient (Wildman–Crippen LogP) is 2.92. The number of aromatic nitrogens is 1. The third-order valence-corrected chi connectivity index (χ3v) is 4.09. The van der Waals surface area contributed by atoms with Gasteiger partial charge >= 0.3 is 6.09 Å². The maximum absolute atomic E-state index is 12.3. The van der Waals surface area contributed by atoms with Gasteiger partial charge in [0.2, 0.25) is 0 Å². The van der Waals surface area contributed by atoms with Crippen LogP contribution in [-0.4, -0.2) is 17.0 Å². The maximum atomic E-state index is 12.3. The number of carbonyl (C=O) groups excluding carboxylic acids is 2. The summed E-state index contributed by atoms with van der Waals surface area (Å²) in [4.78, 5) is 28.0. The molecular formula is C21H21N5O3. The van der Waals surface area contributed by atoms with Crippen LogP contribution in [0, 0.1) is 0 Å². The molecule has 0 saturated heterocycles. The first-order chi connectivity index (χ1) is 14.0. The molecule has 0 spiro atoms. The van der Waals surface area contributed by atoms with Crippen LogP contribution in [0.3, 0.4) is 0 Å². The summed E-state index contributed by atoms with van der Waals surface area (Å²) in [7, 11) is 0. The highest BCUT2D eigenvalue weighted by Crippen LogP contribution is 2.15. The molecule has 0 fully saturated rings. The zero-order valence-electron chi connectivity index (χ0n) is 15.6. The number of amides is 2. The van der Waals surface area contributed by atoms with E-state index < -0.39 is 6.09 Å². The minimum atomic E-state index is -0.532. The fraction of sp³-hybridized carbons (Fsp3) is 0.0952. The van der Waals surface area contributed by atoms with Crippen LogP contribution in [0.4, 0.5) is 22.0 Å². The van der Waals surface area contributed by atoms with Gasteiger partial charge in [0.15, 0.2) is 0 Å². The lowest BCUT2D eigenvalue weighted by atomic mass is 10.1. The highest BCUT2D eigenvalue weighted by atomic mass is 16.5. The Hall–Kier alpha value is -4.07. The van der Waals surface area contributed by atoms with E-state index in [1.165, 1.54) is 0 Å². The van der Waals surface area contributed by atoms with Gasteiger partial charge in [0.1, 0.15) is 12.4 Å². The number of nitrogen functional groups attached to an aromatic ring is 2. The van der Waals surface area contributed by atoms with Crippen molar-refractivity contribution in [1.29, 1.82) is 0 Å². The van der Waals surface area contributed by atoms with E-state index in [4.69, 9.17) is 16.2 Å². The molecule has 0 atom stereocenters. The van der Waals surface area contributed by atoms with Gasteiger partial charge in [-0.3, -0.25) is 4.79 Å². The van der Waals surface area contributed by atoms with Gasteiger partial charge in [0, 0.05) is 24.0 Å². The largest absolute Gasteiger partial charge is 0.445 e. The van der Waals surface area contributed by atoms with Crippen LogP contribution in [0.2, 0.25) is 0 Å². The zero-order chi connectivity index (χ0) is 20.6. The number of rotatable bonds is 6. The van der Waals surface area contributed by atoms with Gasteiger partial charge in [-0.15, -0.1) is 0 Å². The van der Waals surface area contributed by atoms with E-state index >= 15 is 0 Å². The molecule has 0 radical (unpaired) electrons. The zero-order valence-corrected chi connectivity index (χ0v) is 15.6. The van der Waals surface area contributed by atoms with E-state index in [2.05, 4.69) is 15.6 Å². The molecular weight excluding hydrogens is 370 g/mol. The van der Waals surface area contributed by atoms with Crippen molar-refractivity contribution in [2.75, 3.05) is 16.8 Å². The van der Waals surface area contributed by atoms with E-state index in [-0.39, 0.29) is 24.9 Å². The fourth-order valence-electron chi connectivity index (χ4n) is 2.48. The number of nitrogens with zero attached hydrogens (tertiary/aromatic N) is 1. The van der Waals surface area contributed by atoms with E-state index in [0.717, 1.165) is 11.1 Å². The van der Waals surface area contributed by atoms with Gasteiger partial charge in [-0.2, -0.15) is 0 Å². The number of pyridine rings is 1. The Morgan fingerprint density at radius 3 is 2.31 bits per heavy atom. The van der Waals surface area contributed by atoms with E-state index in [1.807, 2.05) is 0 Å². The lowest BCUT2D eigenvalue weighted by molar-refractivity contribution is 0.102. The molecule has 0 aliphatic carbocycles. The second-order valence-electron chi connectivity index (χ2n) is 6.26. The molecule has 0 saturated carbocycles. The van der Waals surface area contributed by atoms with Crippen LogP contribution >= 0.6 is 0 Å². The number of alkyl carbamates (subject to hydrolysis) is 1. The fourth-order valence-corrected chi connectivity index (χ4v) is 2.48. The molecule has 148 valence electrons. The molecule has 1 heterocycles. The Morgan fingerprint density at radius 1 is 0.931 bits per heavy atom. The Balaban J connectivity index is 1.47. The summed E-state index contributed by atoms with van der Waals surface area (Å²) in [5.74, 6) is -0.0498. The average molecular weight is 391 g/mol. The number of ether oxygens (including phenoxy) is 1. The highest BCUT2D eigenvalue weighted by Gasteiger charge is 2.09. The molecule has 2 aromatic carbocycles. The molecule has 6 N–H and O–H groups in total. The van der Waals surface area contributed by atoms with Crippen molar-refractivity contribution in [1.82, 2.24) is 10.3 Å². The number of benzene rings is 2. The first kappa shape index (κ1) is 19.7. The van der Waals surface area contributed by atoms with E-state index in [1.54, 1.807) is 66.9 Å². The van der Waals surface area contributed by atoms with Crippen LogP contribution in [0.15, 0.2) is 66.9 Å². The lowest BCUT2D eigenvalue weighted by Gasteiger charge is -2.09. The van der Waals surface area contributed by atoms with Gasteiger partial charge in [-0.25, -0.2) is 9.78 Å². The number of nitrogens with one attached hydrogen (secondary N) is 2.